The van der Waals surface area contributed by atoms with Gasteiger partial charge in [-0.3, -0.25) is 4.79 Å². The average molecular weight is 254 g/mol. The normalized spacial score (nSPS) is 11.1. The van der Waals surface area contributed by atoms with Gasteiger partial charge in [0.15, 0.2) is 6.29 Å². The van der Waals surface area contributed by atoms with Crippen LogP contribution in [0.1, 0.15) is 31.1 Å². The van der Waals surface area contributed by atoms with E-state index < -0.39 is 0 Å². The lowest BCUT2D eigenvalue weighted by Crippen LogP contribution is -2.22. The first-order chi connectivity index (χ1) is 8.99. The first kappa shape index (κ1) is 13.3. The predicted molar refractivity (Wildman–Crippen MR) is 77.6 cm³/mol. The summed E-state index contributed by atoms with van der Waals surface area (Å²) in [5.74, 6) is 0.811. The summed E-state index contributed by atoms with van der Waals surface area (Å²) >= 11 is 0. The van der Waals surface area contributed by atoms with Crippen molar-refractivity contribution in [3.8, 4) is 16.9 Å². The van der Waals surface area contributed by atoms with Crippen molar-refractivity contribution in [2.75, 3.05) is 0 Å². The second kappa shape index (κ2) is 5.27. The molecule has 0 aromatic heterocycles. The molecule has 0 saturated carbocycles. The number of carbonyl (C=O) groups is 1. The van der Waals surface area contributed by atoms with Gasteiger partial charge in [0.05, 0.1) is 0 Å². The minimum absolute atomic E-state index is 0.233. The number of hydrogen-bond acceptors (Lipinski definition) is 2. The van der Waals surface area contributed by atoms with Gasteiger partial charge >= 0.3 is 0 Å². The van der Waals surface area contributed by atoms with Crippen molar-refractivity contribution in [1.82, 2.24) is 0 Å². The van der Waals surface area contributed by atoms with Crippen molar-refractivity contribution in [2.24, 2.45) is 0 Å². The highest BCUT2D eigenvalue weighted by molar-refractivity contribution is 5.87. The summed E-state index contributed by atoms with van der Waals surface area (Å²) in [6.45, 7) is 6.04. The molecule has 0 N–H and O–H groups in total. The molecule has 98 valence electrons. The molecule has 0 amide bonds. The second-order valence-corrected chi connectivity index (χ2v) is 5.45. The number of carbonyl (C=O) groups excluding carboxylic acids is 1. The van der Waals surface area contributed by atoms with Gasteiger partial charge in [0.25, 0.3) is 0 Å². The van der Waals surface area contributed by atoms with Crippen LogP contribution < -0.4 is 4.74 Å². The molecule has 0 radical (unpaired) electrons. The van der Waals surface area contributed by atoms with E-state index in [0.29, 0.717) is 5.56 Å². The van der Waals surface area contributed by atoms with Crippen LogP contribution >= 0.6 is 0 Å². The van der Waals surface area contributed by atoms with Gasteiger partial charge in [-0.15, -0.1) is 0 Å². The molecule has 2 aromatic carbocycles. The van der Waals surface area contributed by atoms with Gasteiger partial charge in [-0.25, -0.2) is 0 Å². The van der Waals surface area contributed by atoms with Crippen LogP contribution in [0.5, 0.6) is 5.75 Å². The molecule has 2 aromatic rings. The van der Waals surface area contributed by atoms with Crippen molar-refractivity contribution in [2.45, 2.75) is 26.4 Å². The Balaban J connectivity index is 2.41. The summed E-state index contributed by atoms with van der Waals surface area (Å²) in [5.41, 5.74) is 2.37. The minimum atomic E-state index is -0.233. The molecule has 2 nitrogen and oxygen atoms in total. The van der Waals surface area contributed by atoms with E-state index in [2.05, 4.69) is 0 Å². The molecule has 0 bridgehead atoms. The van der Waals surface area contributed by atoms with E-state index in [-0.39, 0.29) is 5.60 Å². The molecule has 0 unspecified atom stereocenters. The standard InChI is InChI=1S/C17H18O2/c1-17(2,3)19-15-9-6-8-13(11-15)16-10-5-4-7-14(16)12-18/h4-12H,1-3H3. The van der Waals surface area contributed by atoms with E-state index in [1.807, 2.05) is 69.3 Å². The zero-order chi connectivity index (χ0) is 13.9. The van der Waals surface area contributed by atoms with Gasteiger partial charge < -0.3 is 4.74 Å². The minimum Gasteiger partial charge on any atom is -0.488 e. The SMILES string of the molecule is CC(C)(C)Oc1cccc(-c2ccccc2C=O)c1. The van der Waals surface area contributed by atoms with E-state index in [4.69, 9.17) is 4.74 Å². The summed E-state index contributed by atoms with van der Waals surface area (Å²) in [7, 11) is 0. The van der Waals surface area contributed by atoms with Gasteiger partial charge in [-0.2, -0.15) is 0 Å². The Labute approximate surface area is 114 Å². The van der Waals surface area contributed by atoms with Crippen LogP contribution in [0.25, 0.3) is 11.1 Å². The molecule has 0 fully saturated rings. The Morgan fingerprint density at radius 1 is 1.00 bits per heavy atom. The molecule has 0 aliphatic rings. The zero-order valence-corrected chi connectivity index (χ0v) is 11.5. The molecule has 0 aliphatic carbocycles. The first-order valence-electron chi connectivity index (χ1n) is 6.33. The lowest BCUT2D eigenvalue weighted by molar-refractivity contribution is 0.112. The smallest absolute Gasteiger partial charge is 0.150 e. The molecular formula is C17H18O2. The molecule has 2 heteroatoms. The van der Waals surface area contributed by atoms with Crippen LogP contribution in [0.2, 0.25) is 0 Å². The predicted octanol–water partition coefficient (Wildman–Crippen LogP) is 4.34. The fourth-order valence-electron chi connectivity index (χ4n) is 1.94. The van der Waals surface area contributed by atoms with Crippen molar-refractivity contribution in [3.05, 3.63) is 54.1 Å². The maximum absolute atomic E-state index is 11.1. The van der Waals surface area contributed by atoms with E-state index in [9.17, 15) is 4.79 Å². The Hall–Kier alpha value is -2.09. The quantitative estimate of drug-likeness (QED) is 0.761. The van der Waals surface area contributed by atoms with Gasteiger partial charge in [-0.05, 0) is 44.0 Å². The van der Waals surface area contributed by atoms with E-state index in [1.54, 1.807) is 0 Å². The van der Waals surface area contributed by atoms with Crippen LogP contribution in [-0.2, 0) is 0 Å². The number of ether oxygens (including phenoxy) is 1. The maximum atomic E-state index is 11.1. The second-order valence-electron chi connectivity index (χ2n) is 5.45. The molecule has 0 heterocycles. The highest BCUT2D eigenvalue weighted by atomic mass is 16.5. The third kappa shape index (κ3) is 3.44. The van der Waals surface area contributed by atoms with Gasteiger partial charge in [0.1, 0.15) is 11.4 Å². The molecular weight excluding hydrogens is 236 g/mol. The third-order valence-corrected chi connectivity index (χ3v) is 2.66. The summed E-state index contributed by atoms with van der Waals surface area (Å²) in [5, 5.41) is 0. The molecule has 2 rings (SSSR count). The molecule has 19 heavy (non-hydrogen) atoms. The largest absolute Gasteiger partial charge is 0.488 e. The number of hydrogen-bond donors (Lipinski definition) is 0. The highest BCUT2D eigenvalue weighted by Crippen LogP contribution is 2.27. The Morgan fingerprint density at radius 2 is 1.74 bits per heavy atom. The monoisotopic (exact) mass is 254 g/mol. The first-order valence-corrected chi connectivity index (χ1v) is 6.33. The molecule has 0 saturated heterocycles. The summed E-state index contributed by atoms with van der Waals surface area (Å²) in [6, 6.07) is 15.4. The highest BCUT2D eigenvalue weighted by Gasteiger charge is 2.12. The number of benzene rings is 2. The van der Waals surface area contributed by atoms with E-state index in [0.717, 1.165) is 23.2 Å². The van der Waals surface area contributed by atoms with Crippen LogP contribution in [0, 0.1) is 0 Å². The Morgan fingerprint density at radius 3 is 2.42 bits per heavy atom. The van der Waals surface area contributed by atoms with Gasteiger partial charge in [-0.1, -0.05) is 36.4 Å². The lowest BCUT2D eigenvalue weighted by atomic mass is 10.0. The fraction of sp³-hybridized carbons (Fsp3) is 0.235. The van der Waals surface area contributed by atoms with Crippen molar-refractivity contribution >= 4 is 6.29 Å². The molecule has 0 spiro atoms. The fourth-order valence-corrected chi connectivity index (χ4v) is 1.94. The topological polar surface area (TPSA) is 26.3 Å². The lowest BCUT2D eigenvalue weighted by Gasteiger charge is -2.21. The van der Waals surface area contributed by atoms with Crippen LogP contribution in [0.4, 0.5) is 0 Å². The van der Waals surface area contributed by atoms with Gasteiger partial charge in [0, 0.05) is 5.56 Å². The zero-order valence-electron chi connectivity index (χ0n) is 11.5. The average Bonchev–Trinajstić information content (AvgIpc) is 2.37. The van der Waals surface area contributed by atoms with Crippen LogP contribution in [0.15, 0.2) is 48.5 Å². The Bertz CT molecular complexity index is 580. The summed E-state index contributed by atoms with van der Waals surface area (Å²) in [4.78, 5) is 11.1. The summed E-state index contributed by atoms with van der Waals surface area (Å²) in [6.07, 6.45) is 0.882. The number of rotatable bonds is 3. The van der Waals surface area contributed by atoms with Crippen molar-refractivity contribution in [1.29, 1.82) is 0 Å². The Kier molecular flexibility index (Phi) is 3.70. The van der Waals surface area contributed by atoms with Crippen LogP contribution in [-0.4, -0.2) is 11.9 Å². The molecule has 0 aliphatic heterocycles. The van der Waals surface area contributed by atoms with Crippen molar-refractivity contribution in [3.63, 3.8) is 0 Å². The van der Waals surface area contributed by atoms with E-state index >= 15 is 0 Å². The summed E-state index contributed by atoms with van der Waals surface area (Å²) < 4.78 is 5.85. The van der Waals surface area contributed by atoms with E-state index in [1.165, 1.54) is 0 Å². The van der Waals surface area contributed by atoms with Crippen LogP contribution in [0.3, 0.4) is 0 Å². The molecule has 0 atom stereocenters. The number of aldehydes is 1. The third-order valence-electron chi connectivity index (χ3n) is 2.66. The van der Waals surface area contributed by atoms with Gasteiger partial charge in [0.2, 0.25) is 0 Å². The van der Waals surface area contributed by atoms with Crippen molar-refractivity contribution < 1.29 is 9.53 Å². The maximum Gasteiger partial charge on any atom is 0.150 e.